The molecule has 1 amide bonds. The van der Waals surface area contributed by atoms with Gasteiger partial charge in [-0.1, -0.05) is 56.3 Å². The van der Waals surface area contributed by atoms with Gasteiger partial charge in [0.25, 0.3) is 17.2 Å². The van der Waals surface area contributed by atoms with Gasteiger partial charge in [-0.15, -0.1) is 10.2 Å². The largest absolute Gasteiger partial charge is 0.418 e. The van der Waals surface area contributed by atoms with Gasteiger partial charge < -0.3 is 14.2 Å². The number of amides is 1. The highest BCUT2D eigenvalue weighted by Crippen LogP contribution is 2.31. The van der Waals surface area contributed by atoms with Crippen LogP contribution in [0, 0.1) is 11.7 Å². The lowest BCUT2D eigenvalue weighted by molar-refractivity contribution is -0.122. The van der Waals surface area contributed by atoms with Crippen LogP contribution in [-0.2, 0) is 16.8 Å². The van der Waals surface area contributed by atoms with Gasteiger partial charge in [0.2, 0.25) is 17.6 Å². The molecular weight excluding hydrogens is 547 g/mol. The van der Waals surface area contributed by atoms with Gasteiger partial charge in [0.1, 0.15) is 18.2 Å². The number of benzene rings is 2. The molecule has 3 heterocycles. The van der Waals surface area contributed by atoms with Crippen molar-refractivity contribution in [3.8, 4) is 11.4 Å². The average molecular weight is 575 g/mol. The van der Waals surface area contributed by atoms with Crippen LogP contribution in [0.25, 0.3) is 22.6 Å². The molecule has 42 heavy (non-hydrogen) atoms. The Balaban J connectivity index is 1.41. The van der Waals surface area contributed by atoms with Gasteiger partial charge in [0.15, 0.2) is 5.52 Å². The van der Waals surface area contributed by atoms with Crippen LogP contribution < -0.4 is 16.6 Å². The summed E-state index contributed by atoms with van der Waals surface area (Å²) in [7, 11) is 0. The molecule has 216 valence electrons. The summed E-state index contributed by atoms with van der Waals surface area (Å²) < 4.78 is 25.2. The molecule has 12 nitrogen and oxygen atoms in total. The number of nitrogens with zero attached hydrogens (tertiary/aromatic N) is 4. The Hall–Kier alpha value is -5.20. The van der Waals surface area contributed by atoms with Gasteiger partial charge in [-0.25, -0.2) is 9.18 Å². The molecule has 0 saturated carbocycles. The number of Topliss-reactive ketones (excluding diaryl/α,β-unsaturated/α-hetero) is 1. The van der Waals surface area contributed by atoms with Crippen LogP contribution in [0.4, 0.5) is 4.39 Å². The molecule has 13 heteroatoms. The van der Waals surface area contributed by atoms with Gasteiger partial charge in [-0.05, 0) is 37.5 Å². The molecule has 0 aliphatic heterocycles. The third-order valence-corrected chi connectivity index (χ3v) is 6.89. The zero-order valence-electron chi connectivity index (χ0n) is 23.2. The maximum absolute atomic E-state index is 13.4. The molecule has 2 aromatic carbocycles. The molecule has 0 saturated heterocycles. The lowest BCUT2D eigenvalue weighted by Crippen LogP contribution is -2.46. The molecule has 0 fully saturated rings. The monoisotopic (exact) mass is 574 g/mol. The highest BCUT2D eigenvalue weighted by Gasteiger charge is 2.34. The van der Waals surface area contributed by atoms with E-state index in [2.05, 4.69) is 25.5 Å². The fourth-order valence-electron chi connectivity index (χ4n) is 4.48. The summed E-state index contributed by atoms with van der Waals surface area (Å²) in [4.78, 5) is 58.3. The molecule has 5 aromatic rings. The van der Waals surface area contributed by atoms with Gasteiger partial charge >= 0.3 is 5.76 Å². The summed E-state index contributed by atoms with van der Waals surface area (Å²) in [6, 6.07) is 13.4. The number of nitrogens with one attached hydrogen (secondary N) is 2. The van der Waals surface area contributed by atoms with Crippen molar-refractivity contribution in [3.05, 3.63) is 98.7 Å². The van der Waals surface area contributed by atoms with Crippen LogP contribution >= 0.6 is 0 Å². The number of oxazole rings is 1. The van der Waals surface area contributed by atoms with Gasteiger partial charge in [-0.2, -0.15) is 4.98 Å². The number of aromatic amines is 1. The Morgan fingerprint density at radius 1 is 1.02 bits per heavy atom. The van der Waals surface area contributed by atoms with Crippen molar-refractivity contribution >= 4 is 22.9 Å². The molecule has 0 radical (unpaired) electrons. The molecule has 3 aromatic heterocycles. The molecule has 5 rings (SSSR count). The predicted molar refractivity (Wildman–Crippen MR) is 148 cm³/mol. The fraction of sp³-hybridized carbons (Fsp3) is 0.276. The number of carbonyl (C=O) groups is 2. The van der Waals surface area contributed by atoms with Gasteiger partial charge in [-0.3, -0.25) is 23.9 Å². The number of hydrogen-bond donors (Lipinski definition) is 2. The van der Waals surface area contributed by atoms with E-state index in [0.717, 1.165) is 4.57 Å². The topological polar surface area (TPSA) is 166 Å². The van der Waals surface area contributed by atoms with Crippen LogP contribution in [0.3, 0.4) is 0 Å². The average Bonchev–Trinajstić information content (AvgIpc) is 3.61. The van der Waals surface area contributed by atoms with Gasteiger partial charge in [0.05, 0.1) is 11.5 Å². The minimum Gasteiger partial charge on any atom is -0.417 e. The quantitative estimate of drug-likeness (QED) is 0.251. The number of aromatic nitrogens is 5. The highest BCUT2D eigenvalue weighted by atomic mass is 19.1. The van der Waals surface area contributed by atoms with Crippen molar-refractivity contribution in [1.82, 2.24) is 30.0 Å². The summed E-state index contributed by atoms with van der Waals surface area (Å²) in [6.45, 7) is 6.54. The Morgan fingerprint density at radius 3 is 2.38 bits per heavy atom. The first-order valence-electron chi connectivity index (χ1n) is 13.1. The summed E-state index contributed by atoms with van der Waals surface area (Å²) in [5.41, 5.74) is -0.699. The minimum atomic E-state index is -1.07. The Morgan fingerprint density at radius 2 is 1.71 bits per heavy atom. The van der Waals surface area contributed by atoms with Crippen LogP contribution in [0.15, 0.2) is 73.0 Å². The summed E-state index contributed by atoms with van der Waals surface area (Å²) >= 11 is 0. The smallest absolute Gasteiger partial charge is 0.417 e. The van der Waals surface area contributed by atoms with E-state index in [4.69, 9.17) is 8.83 Å². The number of H-pyrrole nitrogens is 1. The van der Waals surface area contributed by atoms with Crippen molar-refractivity contribution in [2.45, 2.75) is 45.7 Å². The zero-order valence-corrected chi connectivity index (χ0v) is 23.2. The van der Waals surface area contributed by atoms with E-state index < -0.39 is 52.7 Å². The van der Waals surface area contributed by atoms with E-state index in [-0.39, 0.29) is 28.8 Å². The van der Waals surface area contributed by atoms with Crippen LogP contribution in [0.2, 0.25) is 0 Å². The summed E-state index contributed by atoms with van der Waals surface area (Å²) in [5, 5.41) is 10.6. The fourth-order valence-corrected chi connectivity index (χ4v) is 4.48. The lowest BCUT2D eigenvalue weighted by atomic mass is 9.84. The van der Waals surface area contributed by atoms with Crippen LogP contribution in [0.1, 0.15) is 49.8 Å². The second-order valence-electron chi connectivity index (χ2n) is 10.6. The SMILES string of the molecule is CC(C)[C@@H](NC(=O)Cn1c(-c2ccccc2)nc2oc(=O)[nH]c2c1=O)C(=O)c1nnc(C(C)(C)c2ccc(F)cc2)o1. The summed E-state index contributed by atoms with van der Waals surface area (Å²) in [6.07, 6.45) is 0. The van der Waals surface area contributed by atoms with E-state index in [0.29, 0.717) is 11.1 Å². The van der Waals surface area contributed by atoms with E-state index >= 15 is 0 Å². The normalized spacial score (nSPS) is 12.5. The molecule has 0 aliphatic carbocycles. The van der Waals surface area contributed by atoms with E-state index in [9.17, 15) is 23.6 Å². The standard InChI is InChI=1S/C29H27FN6O6/c1-15(2)20(22(38)25-34-35-27(41-25)29(3,4)17-10-12-18(30)13-11-17)31-19(37)14-36-23(16-8-6-5-7-9-16)33-24-21(26(36)39)32-28(40)42-24/h5-13,15,20H,14H2,1-4H3,(H,31,37)(H,32,40)/t20-/m1/s1. The van der Waals surface area contributed by atoms with E-state index in [1.54, 1.807) is 70.2 Å². The third-order valence-electron chi connectivity index (χ3n) is 6.89. The summed E-state index contributed by atoms with van der Waals surface area (Å²) in [5.74, 6) is -2.99. The van der Waals surface area contributed by atoms with Crippen molar-refractivity contribution in [2.24, 2.45) is 5.92 Å². The number of carbonyl (C=O) groups excluding carboxylic acids is 2. The molecule has 0 spiro atoms. The number of rotatable bonds is 9. The van der Waals surface area contributed by atoms with Crippen molar-refractivity contribution in [3.63, 3.8) is 0 Å². The van der Waals surface area contributed by atoms with Crippen molar-refractivity contribution in [2.75, 3.05) is 0 Å². The van der Waals surface area contributed by atoms with Crippen molar-refractivity contribution in [1.29, 1.82) is 0 Å². The molecule has 0 bridgehead atoms. The lowest BCUT2D eigenvalue weighted by Gasteiger charge is -2.21. The third kappa shape index (κ3) is 5.40. The molecule has 0 aliphatic rings. The van der Waals surface area contributed by atoms with E-state index in [1.165, 1.54) is 12.1 Å². The second-order valence-corrected chi connectivity index (χ2v) is 10.6. The number of ketones is 1. The number of halogens is 1. The first-order valence-corrected chi connectivity index (χ1v) is 13.1. The maximum atomic E-state index is 13.4. The highest BCUT2D eigenvalue weighted by molar-refractivity contribution is 5.98. The molecule has 0 unspecified atom stereocenters. The van der Waals surface area contributed by atoms with Crippen LogP contribution in [0.5, 0.6) is 0 Å². The van der Waals surface area contributed by atoms with E-state index in [1.807, 2.05) is 0 Å². The van der Waals surface area contributed by atoms with Crippen LogP contribution in [-0.4, -0.2) is 42.5 Å². The predicted octanol–water partition coefficient (Wildman–Crippen LogP) is 3.22. The van der Waals surface area contributed by atoms with Crippen molar-refractivity contribution < 1.29 is 22.8 Å². The second kappa shape index (κ2) is 11.0. The zero-order chi connectivity index (χ0) is 30.2. The van der Waals surface area contributed by atoms with Gasteiger partial charge in [0, 0.05) is 5.56 Å². The molecular formula is C29H27FN6O6. The molecule has 2 N–H and O–H groups in total. The Labute approximate surface area is 237 Å². The number of fused-ring (bicyclic) bond motifs is 1. The Kier molecular flexibility index (Phi) is 7.42. The Bertz CT molecular complexity index is 1890. The first-order chi connectivity index (χ1) is 20.0. The minimum absolute atomic E-state index is 0.1000. The maximum Gasteiger partial charge on any atom is 0.418 e. The molecule has 1 atom stereocenters. The number of hydrogen-bond acceptors (Lipinski definition) is 9. The first kappa shape index (κ1) is 28.3.